The first-order valence-electron chi connectivity index (χ1n) is 5.25. The predicted octanol–water partition coefficient (Wildman–Crippen LogP) is 3.44. The lowest BCUT2D eigenvalue weighted by atomic mass is 9.71. The summed E-state index contributed by atoms with van der Waals surface area (Å²) >= 11 is 23.6. The Labute approximate surface area is 125 Å². The summed E-state index contributed by atoms with van der Waals surface area (Å²) < 4.78 is 3.72. The van der Waals surface area contributed by atoms with Crippen molar-refractivity contribution in [3.63, 3.8) is 0 Å². The monoisotopic (exact) mass is 329 g/mol. The van der Waals surface area contributed by atoms with E-state index in [1.807, 2.05) is 0 Å². The van der Waals surface area contributed by atoms with E-state index in [-0.39, 0.29) is 11.7 Å². The maximum atomic E-state index is 12.2. The van der Waals surface area contributed by atoms with Crippen LogP contribution in [0.25, 0.3) is 0 Å². The summed E-state index contributed by atoms with van der Waals surface area (Å²) in [6, 6.07) is 0. The highest BCUT2D eigenvalue weighted by Crippen LogP contribution is 2.49. The van der Waals surface area contributed by atoms with Crippen molar-refractivity contribution >= 4 is 58.1 Å². The second-order valence-electron chi connectivity index (χ2n) is 4.81. The Hall–Kier alpha value is 0.0400. The van der Waals surface area contributed by atoms with Crippen molar-refractivity contribution in [3.8, 4) is 0 Å². The third-order valence-corrected chi connectivity index (χ3v) is 4.82. The molecule has 0 N–H and O–H groups in total. The molecule has 18 heavy (non-hydrogen) atoms. The van der Waals surface area contributed by atoms with Crippen LogP contribution in [0.3, 0.4) is 0 Å². The van der Waals surface area contributed by atoms with Crippen molar-refractivity contribution in [2.24, 2.45) is 4.99 Å². The van der Waals surface area contributed by atoms with Gasteiger partial charge in [0, 0.05) is 0 Å². The zero-order valence-corrected chi connectivity index (χ0v) is 13.0. The number of carbonyl (C=O) groups is 1. The number of halogens is 4. The maximum Gasteiger partial charge on any atom is 0.266 e. The van der Waals surface area contributed by atoms with Crippen molar-refractivity contribution in [3.05, 3.63) is 11.6 Å². The van der Waals surface area contributed by atoms with Crippen LogP contribution >= 0.6 is 46.4 Å². The molecular weight excluding hydrogens is 320 g/mol. The van der Waals surface area contributed by atoms with Crippen molar-refractivity contribution in [1.82, 2.24) is 0 Å². The van der Waals surface area contributed by atoms with Crippen LogP contribution in [-0.4, -0.2) is 32.0 Å². The van der Waals surface area contributed by atoms with Gasteiger partial charge < -0.3 is 4.74 Å². The van der Waals surface area contributed by atoms with Crippen LogP contribution in [0, 0.1) is 0 Å². The summed E-state index contributed by atoms with van der Waals surface area (Å²) in [5, 5.41) is -0.495. The molecule has 100 valence electrons. The number of ketones is 1. The fraction of sp³-hybridized carbons (Fsp3) is 0.636. The Bertz CT molecular complexity index is 482. The Kier molecular flexibility index (Phi) is 3.22. The zero-order valence-electron chi connectivity index (χ0n) is 9.93. The van der Waals surface area contributed by atoms with Crippen LogP contribution in [0.1, 0.15) is 20.8 Å². The van der Waals surface area contributed by atoms with E-state index in [0.29, 0.717) is 0 Å². The molecule has 1 heterocycles. The topological polar surface area (TPSA) is 38.7 Å². The highest BCUT2D eigenvalue weighted by atomic mass is 35.6. The van der Waals surface area contributed by atoms with Crippen molar-refractivity contribution in [1.29, 1.82) is 0 Å². The number of aliphatic imine (C=N–C) groups is 1. The van der Waals surface area contributed by atoms with Crippen LogP contribution < -0.4 is 0 Å². The van der Waals surface area contributed by atoms with Gasteiger partial charge in [-0.15, -0.1) is 11.6 Å². The van der Waals surface area contributed by atoms with E-state index in [2.05, 4.69) is 4.99 Å². The second kappa shape index (κ2) is 4.02. The Morgan fingerprint density at radius 2 is 1.94 bits per heavy atom. The largest absolute Gasteiger partial charge is 0.460 e. The zero-order chi connectivity index (χ0) is 13.9. The molecule has 3 atom stereocenters. The number of nitrogens with zero attached hydrogens (tertiary/aromatic N) is 1. The van der Waals surface area contributed by atoms with Gasteiger partial charge in [-0.2, -0.15) is 0 Å². The molecule has 0 unspecified atom stereocenters. The van der Waals surface area contributed by atoms with E-state index < -0.39 is 20.3 Å². The minimum atomic E-state index is -1.81. The minimum Gasteiger partial charge on any atom is -0.460 e. The first kappa shape index (κ1) is 14.4. The molecule has 2 aliphatic rings. The summed E-state index contributed by atoms with van der Waals surface area (Å²) in [7, 11) is 0. The first-order chi connectivity index (χ1) is 8.02. The summed E-state index contributed by atoms with van der Waals surface area (Å²) in [5.41, 5.74) is -1.50. The number of carbonyl (C=O) groups excluding carboxylic acids is 1. The Morgan fingerprint density at radius 3 is 2.44 bits per heavy atom. The van der Waals surface area contributed by atoms with Crippen LogP contribution in [-0.2, 0) is 9.53 Å². The number of fused-ring (bicyclic) bond motifs is 1. The van der Waals surface area contributed by atoms with Gasteiger partial charge in [-0.05, 0) is 32.4 Å². The molecule has 0 aromatic heterocycles. The van der Waals surface area contributed by atoms with Crippen LogP contribution in [0.15, 0.2) is 16.6 Å². The van der Waals surface area contributed by atoms with Gasteiger partial charge in [-0.3, -0.25) is 4.79 Å². The molecule has 0 bridgehead atoms. The van der Waals surface area contributed by atoms with Gasteiger partial charge in [0.05, 0.1) is 5.38 Å². The Balaban J connectivity index is 2.57. The third-order valence-electron chi connectivity index (χ3n) is 3.57. The fourth-order valence-electron chi connectivity index (χ4n) is 2.22. The summed E-state index contributed by atoms with van der Waals surface area (Å²) in [6.07, 6.45) is 1.45. The number of alkyl halides is 4. The van der Waals surface area contributed by atoms with E-state index in [0.717, 1.165) is 5.57 Å². The van der Waals surface area contributed by atoms with Gasteiger partial charge in [0.15, 0.2) is 5.60 Å². The van der Waals surface area contributed by atoms with Crippen molar-refractivity contribution < 1.29 is 9.53 Å². The lowest BCUT2D eigenvalue weighted by molar-refractivity contribution is -0.133. The third kappa shape index (κ3) is 1.79. The van der Waals surface area contributed by atoms with Crippen molar-refractivity contribution in [2.75, 3.05) is 0 Å². The van der Waals surface area contributed by atoms with Crippen LogP contribution in [0.5, 0.6) is 0 Å². The Morgan fingerprint density at radius 1 is 1.39 bits per heavy atom. The molecule has 0 radical (unpaired) electrons. The summed E-state index contributed by atoms with van der Waals surface area (Å²) in [5.74, 6) is -0.327. The summed E-state index contributed by atoms with van der Waals surface area (Å²) in [6.45, 7) is 5.10. The molecule has 3 nitrogen and oxygen atoms in total. The highest BCUT2D eigenvalue weighted by Gasteiger charge is 2.64. The minimum absolute atomic E-state index is 0.0976. The molecule has 1 aliphatic heterocycles. The van der Waals surface area contributed by atoms with Crippen LogP contribution in [0.4, 0.5) is 0 Å². The van der Waals surface area contributed by atoms with E-state index in [9.17, 15) is 4.79 Å². The predicted molar refractivity (Wildman–Crippen MR) is 74.0 cm³/mol. The number of hydrogen-bond acceptors (Lipinski definition) is 3. The molecule has 0 spiro atoms. The molecule has 0 fully saturated rings. The standard InChI is InChI=1S/C11H11Cl4NO2/c1-5-4-6(17)10(3)9(2,7(5)12)16-8(18-10)11(13,14)15/h4,7H,1-3H3/t7-,9+,10-/m0/s1. The maximum absolute atomic E-state index is 12.2. The van der Waals surface area contributed by atoms with Gasteiger partial charge in [0.25, 0.3) is 3.79 Å². The van der Waals surface area contributed by atoms with Crippen LogP contribution in [0.2, 0.25) is 0 Å². The average Bonchev–Trinajstić information content (AvgIpc) is 2.51. The van der Waals surface area contributed by atoms with E-state index in [1.165, 1.54) is 6.08 Å². The molecule has 0 aromatic carbocycles. The van der Waals surface area contributed by atoms with Crippen molar-refractivity contribution in [2.45, 2.75) is 41.1 Å². The summed E-state index contributed by atoms with van der Waals surface area (Å²) in [4.78, 5) is 16.4. The van der Waals surface area contributed by atoms with E-state index >= 15 is 0 Å². The molecule has 2 rings (SSSR count). The fourth-order valence-corrected chi connectivity index (χ4v) is 2.78. The average molecular weight is 331 g/mol. The van der Waals surface area contributed by atoms with Gasteiger partial charge in [0.2, 0.25) is 11.7 Å². The molecule has 0 aromatic rings. The molecule has 1 aliphatic carbocycles. The highest BCUT2D eigenvalue weighted by molar-refractivity contribution is 6.76. The SMILES string of the molecule is CC1=CC(=O)[C@]2(C)OC(C(Cl)(Cl)Cl)=N[C@]2(C)[C@H]1Cl. The van der Waals surface area contributed by atoms with Gasteiger partial charge >= 0.3 is 0 Å². The molecule has 0 saturated carbocycles. The number of ether oxygens (including phenoxy) is 1. The lowest BCUT2D eigenvalue weighted by Gasteiger charge is -2.42. The smallest absolute Gasteiger partial charge is 0.266 e. The normalized spacial score (nSPS) is 39.9. The lowest BCUT2D eigenvalue weighted by Crippen LogP contribution is -2.60. The number of hydrogen-bond donors (Lipinski definition) is 0. The first-order valence-corrected chi connectivity index (χ1v) is 6.82. The quantitative estimate of drug-likeness (QED) is 0.638. The van der Waals surface area contributed by atoms with Gasteiger partial charge in [0.1, 0.15) is 5.54 Å². The molecular formula is C11H11Cl4NO2. The molecule has 0 saturated heterocycles. The molecule has 7 heteroatoms. The van der Waals surface area contributed by atoms with E-state index in [4.69, 9.17) is 51.1 Å². The van der Waals surface area contributed by atoms with Gasteiger partial charge in [-0.1, -0.05) is 34.8 Å². The number of rotatable bonds is 0. The van der Waals surface area contributed by atoms with E-state index in [1.54, 1.807) is 20.8 Å². The van der Waals surface area contributed by atoms with Gasteiger partial charge in [-0.25, -0.2) is 4.99 Å². The molecule has 0 amide bonds. The second-order valence-corrected chi connectivity index (χ2v) is 7.53.